The molecule has 0 aromatic rings. The second kappa shape index (κ2) is 7.07. The summed E-state index contributed by atoms with van der Waals surface area (Å²) in [5.41, 5.74) is 5.84. The van der Waals surface area contributed by atoms with Crippen molar-refractivity contribution in [3.05, 3.63) is 0 Å². The average molecular weight is 317 g/mol. The highest BCUT2D eigenvalue weighted by atomic mass is 32.2. The molecule has 0 bridgehead atoms. The van der Waals surface area contributed by atoms with Gasteiger partial charge < -0.3 is 11.1 Å². The number of carbonyl (C=O) groups excluding carboxylic acids is 1. The lowest BCUT2D eigenvalue weighted by atomic mass is 9.71. The lowest BCUT2D eigenvalue weighted by molar-refractivity contribution is -0.123. The smallest absolute Gasteiger partial charge is 0.220 e. The largest absolute Gasteiger partial charge is 0.355 e. The van der Waals surface area contributed by atoms with Gasteiger partial charge in [0.05, 0.1) is 5.75 Å². The monoisotopic (exact) mass is 317 g/mol. The van der Waals surface area contributed by atoms with Gasteiger partial charge in [-0.15, -0.1) is 0 Å². The Hall–Kier alpha value is -0.660. The van der Waals surface area contributed by atoms with Crippen molar-refractivity contribution in [3.63, 3.8) is 0 Å². The Morgan fingerprint density at radius 3 is 2.48 bits per heavy atom. The highest BCUT2D eigenvalue weighted by molar-refractivity contribution is 7.89. The molecule has 0 aromatic carbocycles. The molecule has 21 heavy (non-hydrogen) atoms. The Labute approximate surface area is 127 Å². The van der Waals surface area contributed by atoms with Crippen LogP contribution in [0.25, 0.3) is 0 Å². The molecule has 1 aliphatic carbocycles. The number of hydrogen-bond acceptors (Lipinski definition) is 4. The van der Waals surface area contributed by atoms with Crippen molar-refractivity contribution in [1.29, 1.82) is 0 Å². The molecule has 0 radical (unpaired) electrons. The molecule has 2 fully saturated rings. The van der Waals surface area contributed by atoms with E-state index in [0.717, 1.165) is 25.7 Å². The van der Waals surface area contributed by atoms with Crippen molar-refractivity contribution in [2.75, 3.05) is 31.9 Å². The SMILES string of the molecule is NCC1(CC(=O)NCCN2CCCS2(=O)=O)CCCCC1. The lowest BCUT2D eigenvalue weighted by Crippen LogP contribution is -2.41. The summed E-state index contributed by atoms with van der Waals surface area (Å²) in [6.07, 6.45) is 6.74. The molecule has 1 heterocycles. The topological polar surface area (TPSA) is 92.5 Å². The standard InChI is InChI=1S/C14H27N3O3S/c15-12-14(5-2-1-3-6-14)11-13(18)16-7-9-17-8-4-10-21(17,19)20/h1-12,15H2,(H,16,18). The zero-order chi connectivity index (χ0) is 15.3. The van der Waals surface area contributed by atoms with E-state index in [1.54, 1.807) is 0 Å². The Kier molecular flexibility index (Phi) is 5.62. The molecular weight excluding hydrogens is 290 g/mol. The van der Waals surface area contributed by atoms with Crippen LogP contribution < -0.4 is 11.1 Å². The molecule has 0 unspecified atom stereocenters. The van der Waals surface area contributed by atoms with Crippen molar-refractivity contribution < 1.29 is 13.2 Å². The molecule has 2 aliphatic rings. The Morgan fingerprint density at radius 1 is 1.19 bits per heavy atom. The van der Waals surface area contributed by atoms with Gasteiger partial charge in [0.25, 0.3) is 0 Å². The third-order valence-corrected chi connectivity index (χ3v) is 6.73. The van der Waals surface area contributed by atoms with Crippen molar-refractivity contribution in [3.8, 4) is 0 Å². The molecule has 122 valence electrons. The minimum atomic E-state index is -3.07. The summed E-state index contributed by atoms with van der Waals surface area (Å²) in [7, 11) is -3.07. The van der Waals surface area contributed by atoms with Crippen LogP contribution in [0.5, 0.6) is 0 Å². The minimum Gasteiger partial charge on any atom is -0.355 e. The molecule has 1 amide bonds. The maximum Gasteiger partial charge on any atom is 0.220 e. The number of carbonyl (C=O) groups is 1. The third-order valence-electron chi connectivity index (χ3n) is 4.77. The normalized spacial score (nSPS) is 24.8. The number of rotatable bonds is 6. The van der Waals surface area contributed by atoms with E-state index in [4.69, 9.17) is 5.73 Å². The molecule has 0 spiro atoms. The summed E-state index contributed by atoms with van der Waals surface area (Å²) in [4.78, 5) is 12.1. The van der Waals surface area contributed by atoms with Crippen LogP contribution >= 0.6 is 0 Å². The maximum atomic E-state index is 12.1. The summed E-state index contributed by atoms with van der Waals surface area (Å²) < 4.78 is 24.8. The fourth-order valence-corrected chi connectivity index (χ4v) is 4.95. The number of amides is 1. The molecule has 1 aliphatic heterocycles. The number of nitrogens with two attached hydrogens (primary N) is 1. The van der Waals surface area contributed by atoms with Gasteiger partial charge in [0, 0.05) is 26.1 Å². The molecule has 6 nitrogen and oxygen atoms in total. The van der Waals surface area contributed by atoms with Gasteiger partial charge in [0.2, 0.25) is 15.9 Å². The van der Waals surface area contributed by atoms with Crippen molar-refractivity contribution in [1.82, 2.24) is 9.62 Å². The molecular formula is C14H27N3O3S. The number of nitrogens with one attached hydrogen (secondary N) is 1. The zero-order valence-corrected chi connectivity index (χ0v) is 13.5. The average Bonchev–Trinajstić information content (AvgIpc) is 2.79. The highest BCUT2D eigenvalue weighted by Gasteiger charge is 2.33. The van der Waals surface area contributed by atoms with E-state index in [9.17, 15) is 13.2 Å². The summed E-state index contributed by atoms with van der Waals surface area (Å²) >= 11 is 0. The molecule has 1 saturated carbocycles. The number of nitrogens with zero attached hydrogens (tertiary/aromatic N) is 1. The quantitative estimate of drug-likeness (QED) is 0.743. The first-order valence-corrected chi connectivity index (χ1v) is 9.53. The second-order valence-electron chi connectivity index (χ2n) is 6.36. The zero-order valence-electron chi connectivity index (χ0n) is 12.6. The van der Waals surface area contributed by atoms with Crippen LogP contribution in [0.4, 0.5) is 0 Å². The van der Waals surface area contributed by atoms with E-state index >= 15 is 0 Å². The van der Waals surface area contributed by atoms with Gasteiger partial charge in [-0.3, -0.25) is 4.79 Å². The first kappa shape index (κ1) is 16.7. The maximum absolute atomic E-state index is 12.1. The predicted octanol–water partition coefficient (Wildman–Crippen LogP) is 0.437. The van der Waals surface area contributed by atoms with Gasteiger partial charge in [-0.1, -0.05) is 19.3 Å². The number of sulfonamides is 1. The third kappa shape index (κ3) is 4.40. The molecule has 0 atom stereocenters. The molecule has 2 rings (SSSR count). The summed E-state index contributed by atoms with van der Waals surface area (Å²) in [6, 6.07) is 0. The fraction of sp³-hybridized carbons (Fsp3) is 0.929. The molecule has 3 N–H and O–H groups in total. The summed E-state index contributed by atoms with van der Waals surface area (Å²) in [6.45, 7) is 1.90. The van der Waals surface area contributed by atoms with Gasteiger partial charge in [-0.25, -0.2) is 12.7 Å². The van der Waals surface area contributed by atoms with Crippen molar-refractivity contribution in [2.24, 2.45) is 11.1 Å². The van der Waals surface area contributed by atoms with E-state index in [-0.39, 0.29) is 17.1 Å². The Balaban J connectivity index is 1.74. The summed E-state index contributed by atoms with van der Waals surface area (Å²) in [5, 5.41) is 2.85. The van der Waals surface area contributed by atoms with Crippen molar-refractivity contribution in [2.45, 2.75) is 44.9 Å². The van der Waals surface area contributed by atoms with E-state index in [0.29, 0.717) is 39.0 Å². The van der Waals surface area contributed by atoms with E-state index in [2.05, 4.69) is 5.32 Å². The molecule has 7 heteroatoms. The minimum absolute atomic E-state index is 0.000977. The molecule has 1 saturated heterocycles. The van der Waals surface area contributed by atoms with Gasteiger partial charge in [-0.05, 0) is 31.2 Å². The van der Waals surface area contributed by atoms with Gasteiger partial charge >= 0.3 is 0 Å². The Morgan fingerprint density at radius 2 is 1.90 bits per heavy atom. The van der Waals surface area contributed by atoms with Crippen LogP contribution in [0.1, 0.15) is 44.9 Å². The van der Waals surface area contributed by atoms with Crippen LogP contribution in [0.15, 0.2) is 0 Å². The summed E-state index contributed by atoms with van der Waals surface area (Å²) in [5.74, 6) is 0.232. The van der Waals surface area contributed by atoms with Gasteiger partial charge in [0.15, 0.2) is 0 Å². The highest BCUT2D eigenvalue weighted by Crippen LogP contribution is 2.38. The van der Waals surface area contributed by atoms with E-state index in [1.165, 1.54) is 10.7 Å². The van der Waals surface area contributed by atoms with Crippen LogP contribution in [-0.2, 0) is 14.8 Å². The van der Waals surface area contributed by atoms with E-state index in [1.807, 2.05) is 0 Å². The van der Waals surface area contributed by atoms with Crippen LogP contribution in [0.3, 0.4) is 0 Å². The molecule has 0 aromatic heterocycles. The lowest BCUT2D eigenvalue weighted by Gasteiger charge is -2.35. The van der Waals surface area contributed by atoms with Gasteiger partial charge in [-0.2, -0.15) is 0 Å². The first-order valence-electron chi connectivity index (χ1n) is 7.92. The van der Waals surface area contributed by atoms with Crippen LogP contribution in [0, 0.1) is 5.41 Å². The second-order valence-corrected chi connectivity index (χ2v) is 8.45. The first-order chi connectivity index (χ1) is 9.97. The predicted molar refractivity (Wildman–Crippen MR) is 82.2 cm³/mol. The van der Waals surface area contributed by atoms with Crippen LogP contribution in [0.2, 0.25) is 0 Å². The number of hydrogen-bond donors (Lipinski definition) is 2. The fourth-order valence-electron chi connectivity index (χ4n) is 3.42. The van der Waals surface area contributed by atoms with E-state index < -0.39 is 10.0 Å². The van der Waals surface area contributed by atoms with Crippen molar-refractivity contribution >= 4 is 15.9 Å². The Bertz CT molecular complexity index is 458. The van der Waals surface area contributed by atoms with Crippen LogP contribution in [-0.4, -0.2) is 50.6 Å². The van der Waals surface area contributed by atoms with Gasteiger partial charge in [0.1, 0.15) is 0 Å².